The molecule has 0 aliphatic carbocycles. The molecule has 0 saturated carbocycles. The van der Waals surface area contributed by atoms with Crippen molar-refractivity contribution >= 4 is 17.5 Å². The monoisotopic (exact) mass is 354 g/mol. The zero-order valence-corrected chi connectivity index (χ0v) is 15.1. The van der Waals surface area contributed by atoms with Crippen molar-refractivity contribution in [2.45, 2.75) is 13.0 Å². The van der Waals surface area contributed by atoms with Gasteiger partial charge in [0, 0.05) is 24.3 Å². The number of hydrogen-bond donors (Lipinski definition) is 0. The number of benzene rings is 2. The lowest BCUT2D eigenvalue weighted by atomic mass is 10.1. The molecule has 2 amide bonds. The second-order valence-electron chi connectivity index (χ2n) is 6.09. The minimum atomic E-state index is -0.527. The fraction of sp³-hybridized carbons (Fsp3) is 0.300. The Morgan fingerprint density at radius 1 is 0.923 bits per heavy atom. The average molecular weight is 354 g/mol. The van der Waals surface area contributed by atoms with Gasteiger partial charge in [-0.1, -0.05) is 0 Å². The molecule has 1 fully saturated rings. The summed E-state index contributed by atoms with van der Waals surface area (Å²) < 4.78 is 10.3. The van der Waals surface area contributed by atoms with Crippen LogP contribution >= 0.6 is 0 Å². The van der Waals surface area contributed by atoms with Crippen LogP contribution < -0.4 is 14.4 Å². The molecule has 3 rings (SSSR count). The molecule has 2 aromatic carbocycles. The number of piperazine rings is 1. The summed E-state index contributed by atoms with van der Waals surface area (Å²) in [5.74, 6) is 1.18. The second-order valence-corrected chi connectivity index (χ2v) is 6.09. The highest BCUT2D eigenvalue weighted by Crippen LogP contribution is 2.24. The molecular formula is C20H22N2O4. The van der Waals surface area contributed by atoms with E-state index in [2.05, 4.69) is 0 Å². The standard InChI is InChI=1S/C20H22N2O4/c1-14-19(23)22(16-6-10-18(26-3)11-7-16)13-12-21(14)20(24)15-4-8-17(25-2)9-5-15/h4-11,14H,12-13H2,1-3H3/t14-/m1/s1. The topological polar surface area (TPSA) is 59.1 Å². The summed E-state index contributed by atoms with van der Waals surface area (Å²) in [5, 5.41) is 0. The van der Waals surface area contributed by atoms with E-state index < -0.39 is 6.04 Å². The first-order chi connectivity index (χ1) is 12.5. The third kappa shape index (κ3) is 3.35. The Labute approximate surface area is 152 Å². The summed E-state index contributed by atoms with van der Waals surface area (Å²) in [6.07, 6.45) is 0. The Balaban J connectivity index is 1.74. The van der Waals surface area contributed by atoms with Gasteiger partial charge in [0.25, 0.3) is 5.91 Å². The lowest BCUT2D eigenvalue weighted by Gasteiger charge is -2.39. The molecule has 6 heteroatoms. The van der Waals surface area contributed by atoms with Gasteiger partial charge in [-0.15, -0.1) is 0 Å². The van der Waals surface area contributed by atoms with Crippen molar-refractivity contribution in [2.24, 2.45) is 0 Å². The number of amides is 2. The summed E-state index contributed by atoms with van der Waals surface area (Å²) in [6.45, 7) is 2.70. The van der Waals surface area contributed by atoms with E-state index in [0.29, 0.717) is 24.4 Å². The fourth-order valence-electron chi connectivity index (χ4n) is 3.07. The smallest absolute Gasteiger partial charge is 0.254 e. The summed E-state index contributed by atoms with van der Waals surface area (Å²) in [5.41, 5.74) is 1.35. The highest BCUT2D eigenvalue weighted by Gasteiger charge is 2.35. The Morgan fingerprint density at radius 3 is 2.00 bits per heavy atom. The quantitative estimate of drug-likeness (QED) is 0.847. The minimum Gasteiger partial charge on any atom is -0.497 e. The fourth-order valence-corrected chi connectivity index (χ4v) is 3.07. The van der Waals surface area contributed by atoms with E-state index in [1.54, 1.807) is 55.2 Å². The molecule has 136 valence electrons. The van der Waals surface area contributed by atoms with Gasteiger partial charge >= 0.3 is 0 Å². The Hall–Kier alpha value is -3.02. The molecule has 1 atom stereocenters. The molecule has 0 radical (unpaired) electrons. The lowest BCUT2D eigenvalue weighted by molar-refractivity contribution is -0.124. The summed E-state index contributed by atoms with van der Waals surface area (Å²) in [4.78, 5) is 28.9. The maximum atomic E-state index is 12.8. The van der Waals surface area contributed by atoms with Gasteiger partial charge in [0.1, 0.15) is 17.5 Å². The zero-order valence-electron chi connectivity index (χ0n) is 15.1. The van der Waals surface area contributed by atoms with Crippen LogP contribution in [0.25, 0.3) is 0 Å². The summed E-state index contributed by atoms with van der Waals surface area (Å²) in [7, 11) is 3.18. The van der Waals surface area contributed by atoms with Crippen LogP contribution in [0.15, 0.2) is 48.5 Å². The third-order valence-corrected chi connectivity index (χ3v) is 4.64. The normalized spacial score (nSPS) is 17.2. The molecule has 0 unspecified atom stereocenters. The molecule has 0 N–H and O–H groups in total. The highest BCUT2D eigenvalue weighted by molar-refractivity contribution is 6.03. The summed E-state index contributed by atoms with van der Waals surface area (Å²) >= 11 is 0. The number of rotatable bonds is 4. The molecule has 2 aromatic rings. The number of ether oxygens (including phenoxy) is 2. The second kappa shape index (κ2) is 7.47. The first kappa shape index (κ1) is 17.8. The maximum absolute atomic E-state index is 12.8. The highest BCUT2D eigenvalue weighted by atomic mass is 16.5. The first-order valence-electron chi connectivity index (χ1n) is 8.45. The molecule has 1 aliphatic rings. The predicted octanol–water partition coefficient (Wildman–Crippen LogP) is 2.58. The van der Waals surface area contributed by atoms with Crippen LogP contribution in [0.4, 0.5) is 5.69 Å². The van der Waals surface area contributed by atoms with E-state index in [1.165, 1.54) is 0 Å². The largest absolute Gasteiger partial charge is 0.497 e. The van der Waals surface area contributed by atoms with Gasteiger partial charge in [0.15, 0.2) is 0 Å². The van der Waals surface area contributed by atoms with E-state index in [0.717, 1.165) is 11.4 Å². The van der Waals surface area contributed by atoms with Crippen molar-refractivity contribution in [1.82, 2.24) is 4.90 Å². The zero-order chi connectivity index (χ0) is 18.7. The number of anilines is 1. The van der Waals surface area contributed by atoms with Crippen LogP contribution in [-0.4, -0.2) is 50.1 Å². The van der Waals surface area contributed by atoms with Crippen LogP contribution in [0.5, 0.6) is 11.5 Å². The van der Waals surface area contributed by atoms with Crippen LogP contribution in [0.2, 0.25) is 0 Å². The van der Waals surface area contributed by atoms with Crippen molar-refractivity contribution in [1.29, 1.82) is 0 Å². The van der Waals surface area contributed by atoms with Crippen molar-refractivity contribution in [2.75, 3.05) is 32.2 Å². The van der Waals surface area contributed by atoms with Crippen LogP contribution in [-0.2, 0) is 4.79 Å². The maximum Gasteiger partial charge on any atom is 0.254 e. The van der Waals surface area contributed by atoms with E-state index in [4.69, 9.17) is 9.47 Å². The average Bonchev–Trinajstić information content (AvgIpc) is 2.70. The van der Waals surface area contributed by atoms with Crippen molar-refractivity contribution in [3.05, 3.63) is 54.1 Å². The van der Waals surface area contributed by atoms with Gasteiger partial charge in [-0.3, -0.25) is 9.59 Å². The molecule has 1 aliphatic heterocycles. The van der Waals surface area contributed by atoms with E-state index in [9.17, 15) is 9.59 Å². The van der Waals surface area contributed by atoms with E-state index >= 15 is 0 Å². The van der Waals surface area contributed by atoms with Crippen LogP contribution in [0.3, 0.4) is 0 Å². The molecule has 6 nitrogen and oxygen atoms in total. The van der Waals surface area contributed by atoms with E-state index in [-0.39, 0.29) is 11.8 Å². The first-order valence-corrected chi connectivity index (χ1v) is 8.45. The van der Waals surface area contributed by atoms with Crippen molar-refractivity contribution in [3.63, 3.8) is 0 Å². The number of nitrogens with zero attached hydrogens (tertiary/aromatic N) is 2. The van der Waals surface area contributed by atoms with Gasteiger partial charge in [-0.2, -0.15) is 0 Å². The number of methoxy groups -OCH3 is 2. The predicted molar refractivity (Wildman–Crippen MR) is 98.8 cm³/mol. The lowest BCUT2D eigenvalue weighted by Crippen LogP contribution is -2.57. The Kier molecular flexibility index (Phi) is 5.11. The van der Waals surface area contributed by atoms with Gasteiger partial charge in [-0.25, -0.2) is 0 Å². The molecule has 0 spiro atoms. The van der Waals surface area contributed by atoms with Crippen molar-refractivity contribution in [3.8, 4) is 11.5 Å². The van der Waals surface area contributed by atoms with Gasteiger partial charge in [0.05, 0.1) is 14.2 Å². The van der Waals surface area contributed by atoms with Gasteiger partial charge in [0.2, 0.25) is 5.91 Å². The molecule has 1 heterocycles. The van der Waals surface area contributed by atoms with Gasteiger partial charge < -0.3 is 19.3 Å². The van der Waals surface area contributed by atoms with E-state index in [1.807, 2.05) is 24.3 Å². The molecule has 0 aromatic heterocycles. The SMILES string of the molecule is COc1ccc(C(=O)N2CCN(c3ccc(OC)cc3)C(=O)[C@H]2C)cc1. The summed E-state index contributed by atoms with van der Waals surface area (Å²) in [6, 6.07) is 13.7. The molecular weight excluding hydrogens is 332 g/mol. The molecule has 0 bridgehead atoms. The Bertz CT molecular complexity index is 786. The van der Waals surface area contributed by atoms with Crippen molar-refractivity contribution < 1.29 is 19.1 Å². The van der Waals surface area contributed by atoms with Crippen LogP contribution in [0, 0.1) is 0 Å². The van der Waals surface area contributed by atoms with Gasteiger partial charge in [-0.05, 0) is 55.5 Å². The minimum absolute atomic E-state index is 0.0942. The number of carbonyl (C=O) groups is 2. The Morgan fingerprint density at radius 2 is 1.46 bits per heavy atom. The van der Waals surface area contributed by atoms with Crippen LogP contribution in [0.1, 0.15) is 17.3 Å². The number of hydrogen-bond acceptors (Lipinski definition) is 4. The molecule has 26 heavy (non-hydrogen) atoms. The molecule has 1 saturated heterocycles. The third-order valence-electron chi connectivity index (χ3n) is 4.64. The number of carbonyl (C=O) groups excluding carboxylic acids is 2.